The van der Waals surface area contributed by atoms with Gasteiger partial charge in [0, 0.05) is 18.6 Å². The fourth-order valence-electron chi connectivity index (χ4n) is 2.49. The number of nitrogens with zero attached hydrogens (tertiary/aromatic N) is 1. The molecule has 1 amide bonds. The first-order valence-electron chi connectivity index (χ1n) is 6.81. The Hall–Kier alpha value is -0.320. The van der Waals surface area contributed by atoms with Gasteiger partial charge in [-0.05, 0) is 44.9 Å². The van der Waals surface area contributed by atoms with E-state index in [1.807, 2.05) is 11.8 Å². The lowest BCUT2D eigenvalue weighted by Gasteiger charge is -2.38. The third kappa shape index (κ3) is 4.41. The minimum Gasteiger partial charge on any atom is -0.371 e. The van der Waals surface area contributed by atoms with E-state index in [1.54, 1.807) is 0 Å². The number of nitrogens with two attached hydrogens (primary N) is 1. The molecule has 2 unspecified atom stereocenters. The van der Waals surface area contributed by atoms with Crippen LogP contribution in [0.5, 0.6) is 0 Å². The van der Waals surface area contributed by atoms with E-state index >= 15 is 0 Å². The van der Waals surface area contributed by atoms with Crippen molar-refractivity contribution in [3.05, 3.63) is 0 Å². The average molecular weight is 277 g/mol. The highest BCUT2D eigenvalue weighted by Gasteiger charge is 2.29. The number of amides is 1. The molecule has 0 aromatic carbocycles. The monoisotopic (exact) mass is 276 g/mol. The smallest absolute Gasteiger partial charge is 0.248 e. The SMILES string of the molecule is CC(N)C1CCCCN1C(=O)COCC1CC1.Cl. The molecule has 5 heteroatoms. The van der Waals surface area contributed by atoms with Crippen LogP contribution in [0.4, 0.5) is 0 Å². The van der Waals surface area contributed by atoms with Crippen LogP contribution in [0.15, 0.2) is 0 Å². The van der Waals surface area contributed by atoms with E-state index in [9.17, 15) is 4.79 Å². The molecule has 1 heterocycles. The van der Waals surface area contributed by atoms with E-state index in [2.05, 4.69) is 0 Å². The van der Waals surface area contributed by atoms with E-state index in [0.29, 0.717) is 5.92 Å². The zero-order valence-corrected chi connectivity index (χ0v) is 12.0. The van der Waals surface area contributed by atoms with Crippen LogP contribution in [-0.4, -0.2) is 42.6 Å². The molecule has 1 aliphatic heterocycles. The molecule has 2 aliphatic rings. The van der Waals surface area contributed by atoms with E-state index < -0.39 is 0 Å². The van der Waals surface area contributed by atoms with E-state index in [1.165, 1.54) is 19.3 Å². The molecular weight excluding hydrogens is 252 g/mol. The Balaban J connectivity index is 0.00000162. The maximum atomic E-state index is 12.1. The molecule has 2 rings (SSSR count). The van der Waals surface area contributed by atoms with Gasteiger partial charge in [-0.15, -0.1) is 12.4 Å². The summed E-state index contributed by atoms with van der Waals surface area (Å²) in [5, 5.41) is 0. The lowest BCUT2D eigenvalue weighted by molar-refractivity contribution is -0.140. The maximum Gasteiger partial charge on any atom is 0.248 e. The first-order chi connectivity index (χ1) is 8.18. The number of rotatable bonds is 5. The van der Waals surface area contributed by atoms with Crippen LogP contribution >= 0.6 is 12.4 Å². The van der Waals surface area contributed by atoms with Gasteiger partial charge in [0.05, 0.1) is 6.61 Å². The summed E-state index contributed by atoms with van der Waals surface area (Å²) in [4.78, 5) is 14.0. The van der Waals surface area contributed by atoms with Crippen molar-refractivity contribution in [1.82, 2.24) is 4.90 Å². The van der Waals surface area contributed by atoms with Gasteiger partial charge in [-0.3, -0.25) is 4.79 Å². The fourth-order valence-corrected chi connectivity index (χ4v) is 2.49. The second-order valence-electron chi connectivity index (χ2n) is 5.47. The molecule has 106 valence electrons. The summed E-state index contributed by atoms with van der Waals surface area (Å²) in [6.45, 7) is 3.82. The quantitative estimate of drug-likeness (QED) is 0.829. The summed E-state index contributed by atoms with van der Waals surface area (Å²) >= 11 is 0. The van der Waals surface area contributed by atoms with E-state index in [-0.39, 0.29) is 37.0 Å². The molecule has 0 spiro atoms. The van der Waals surface area contributed by atoms with Gasteiger partial charge in [0.1, 0.15) is 6.61 Å². The number of hydrogen-bond donors (Lipinski definition) is 1. The molecule has 2 atom stereocenters. The topological polar surface area (TPSA) is 55.6 Å². The predicted octanol–water partition coefficient (Wildman–Crippen LogP) is 1.56. The molecule has 0 radical (unpaired) electrons. The molecule has 1 saturated heterocycles. The lowest BCUT2D eigenvalue weighted by Crippen LogP contribution is -2.52. The van der Waals surface area contributed by atoms with Crippen LogP contribution in [0.1, 0.15) is 39.0 Å². The van der Waals surface area contributed by atoms with Gasteiger partial charge in [-0.25, -0.2) is 0 Å². The van der Waals surface area contributed by atoms with Crippen molar-refractivity contribution >= 4 is 18.3 Å². The number of hydrogen-bond acceptors (Lipinski definition) is 3. The molecular formula is C13H25ClN2O2. The van der Waals surface area contributed by atoms with E-state index in [4.69, 9.17) is 10.5 Å². The molecule has 0 aromatic heterocycles. The minimum absolute atomic E-state index is 0. The molecule has 4 nitrogen and oxygen atoms in total. The number of carbonyl (C=O) groups excluding carboxylic acids is 1. The standard InChI is InChI=1S/C13H24N2O2.ClH/c1-10(14)12-4-2-3-7-15(12)13(16)9-17-8-11-5-6-11;/h10-12H,2-9,14H2,1H3;1H. The van der Waals surface area contributed by atoms with Crippen LogP contribution in [0.25, 0.3) is 0 Å². The van der Waals surface area contributed by atoms with Crippen molar-refractivity contribution in [3.63, 3.8) is 0 Å². The van der Waals surface area contributed by atoms with Gasteiger partial charge >= 0.3 is 0 Å². The highest BCUT2D eigenvalue weighted by molar-refractivity contribution is 5.85. The van der Waals surface area contributed by atoms with Crippen molar-refractivity contribution in [2.45, 2.75) is 51.1 Å². The van der Waals surface area contributed by atoms with Gasteiger partial charge in [0.25, 0.3) is 0 Å². The van der Waals surface area contributed by atoms with Crippen molar-refractivity contribution in [2.24, 2.45) is 11.7 Å². The Bertz CT molecular complexity index is 270. The van der Waals surface area contributed by atoms with Crippen LogP contribution in [0, 0.1) is 5.92 Å². The summed E-state index contributed by atoms with van der Waals surface area (Å²) in [6.07, 6.45) is 5.84. The van der Waals surface area contributed by atoms with Crippen LogP contribution < -0.4 is 5.73 Å². The van der Waals surface area contributed by atoms with Crippen molar-refractivity contribution in [3.8, 4) is 0 Å². The largest absolute Gasteiger partial charge is 0.371 e. The zero-order chi connectivity index (χ0) is 12.3. The number of halogens is 1. The van der Waals surface area contributed by atoms with Crippen LogP contribution in [0.3, 0.4) is 0 Å². The van der Waals surface area contributed by atoms with Gasteiger partial charge in [-0.1, -0.05) is 0 Å². The average Bonchev–Trinajstić information content (AvgIpc) is 3.13. The van der Waals surface area contributed by atoms with Crippen LogP contribution in [0.2, 0.25) is 0 Å². The number of ether oxygens (including phenoxy) is 1. The van der Waals surface area contributed by atoms with Gasteiger partial charge in [0.15, 0.2) is 0 Å². The van der Waals surface area contributed by atoms with Gasteiger partial charge in [-0.2, -0.15) is 0 Å². The second-order valence-corrected chi connectivity index (χ2v) is 5.47. The molecule has 0 aromatic rings. The Labute approximate surface area is 116 Å². The van der Waals surface area contributed by atoms with Crippen LogP contribution in [-0.2, 0) is 9.53 Å². The first kappa shape index (κ1) is 15.7. The summed E-state index contributed by atoms with van der Waals surface area (Å²) in [6, 6.07) is 0.267. The Kier molecular flexibility index (Phi) is 6.39. The second kappa shape index (κ2) is 7.31. The molecule has 0 bridgehead atoms. The van der Waals surface area contributed by atoms with Crippen molar-refractivity contribution < 1.29 is 9.53 Å². The first-order valence-corrected chi connectivity index (χ1v) is 6.81. The minimum atomic E-state index is 0. The molecule has 18 heavy (non-hydrogen) atoms. The molecule has 2 fully saturated rings. The van der Waals surface area contributed by atoms with Gasteiger partial charge < -0.3 is 15.4 Å². The van der Waals surface area contributed by atoms with Gasteiger partial charge in [0.2, 0.25) is 5.91 Å². The Morgan fingerprint density at radius 3 is 2.72 bits per heavy atom. The van der Waals surface area contributed by atoms with Crippen molar-refractivity contribution in [1.29, 1.82) is 0 Å². The highest BCUT2D eigenvalue weighted by Crippen LogP contribution is 2.28. The summed E-state index contributed by atoms with van der Waals surface area (Å²) in [5.41, 5.74) is 5.95. The normalized spacial score (nSPS) is 25.4. The Morgan fingerprint density at radius 2 is 2.11 bits per heavy atom. The lowest BCUT2D eigenvalue weighted by atomic mass is 9.97. The molecule has 1 aliphatic carbocycles. The highest BCUT2D eigenvalue weighted by atomic mass is 35.5. The third-order valence-electron chi connectivity index (χ3n) is 3.75. The number of carbonyl (C=O) groups is 1. The molecule has 2 N–H and O–H groups in total. The summed E-state index contributed by atoms with van der Waals surface area (Å²) in [5.74, 6) is 0.834. The predicted molar refractivity (Wildman–Crippen MR) is 73.8 cm³/mol. The molecule has 1 saturated carbocycles. The number of likely N-dealkylation sites (tertiary alicyclic amines) is 1. The summed E-state index contributed by atoms with van der Waals surface area (Å²) in [7, 11) is 0. The Morgan fingerprint density at radius 1 is 1.39 bits per heavy atom. The fraction of sp³-hybridized carbons (Fsp3) is 0.923. The summed E-state index contributed by atoms with van der Waals surface area (Å²) < 4.78 is 5.47. The maximum absolute atomic E-state index is 12.1. The number of piperidine rings is 1. The van der Waals surface area contributed by atoms with Crippen molar-refractivity contribution in [2.75, 3.05) is 19.8 Å². The third-order valence-corrected chi connectivity index (χ3v) is 3.75. The zero-order valence-electron chi connectivity index (χ0n) is 11.1. The van der Waals surface area contributed by atoms with E-state index in [0.717, 1.165) is 26.0 Å².